The lowest BCUT2D eigenvalue weighted by Crippen LogP contribution is -2.16. The van der Waals surface area contributed by atoms with Crippen molar-refractivity contribution in [3.8, 4) is 16.9 Å². The average Bonchev–Trinajstić information content (AvgIpc) is 2.68. The zero-order chi connectivity index (χ0) is 18.5. The fraction of sp³-hybridized carbons (Fsp3) is 0.174. The monoisotopic (exact) mass is 348 g/mol. The molecule has 3 aromatic carbocycles. The Labute approximate surface area is 153 Å². The molecule has 0 spiro atoms. The lowest BCUT2D eigenvalue weighted by Gasteiger charge is -2.13. The van der Waals surface area contributed by atoms with Crippen LogP contribution < -0.4 is 4.74 Å². The topological polar surface area (TPSA) is 26.3 Å². The van der Waals surface area contributed by atoms with E-state index in [0.29, 0.717) is 16.9 Å². The number of aryl methyl sites for hydroxylation is 1. The summed E-state index contributed by atoms with van der Waals surface area (Å²) in [6.45, 7) is 3.77. The Bertz CT molecular complexity index is 903. The van der Waals surface area contributed by atoms with Crippen LogP contribution in [0.3, 0.4) is 0 Å². The summed E-state index contributed by atoms with van der Waals surface area (Å²) in [5.74, 6) is -0.784. The average molecular weight is 348 g/mol. The maximum absolute atomic E-state index is 14.5. The number of carbonyl (C=O) groups is 1. The van der Waals surface area contributed by atoms with Crippen molar-refractivity contribution in [1.29, 1.82) is 0 Å². The number of hydrogen-bond acceptors (Lipinski definition) is 2. The van der Waals surface area contributed by atoms with E-state index in [2.05, 4.69) is 0 Å². The van der Waals surface area contributed by atoms with E-state index in [1.807, 2.05) is 55.5 Å². The van der Waals surface area contributed by atoms with Gasteiger partial charge in [-0.05, 0) is 48.2 Å². The Hall–Kier alpha value is -2.94. The molecule has 132 valence electrons. The van der Waals surface area contributed by atoms with Crippen molar-refractivity contribution in [3.05, 3.63) is 89.7 Å². The normalized spacial score (nSPS) is 11.8. The molecule has 0 aromatic heterocycles. The first-order valence-corrected chi connectivity index (χ1v) is 8.74. The third kappa shape index (κ3) is 3.99. The number of benzene rings is 3. The van der Waals surface area contributed by atoms with Gasteiger partial charge >= 0.3 is 5.97 Å². The van der Waals surface area contributed by atoms with Crippen LogP contribution in [0.25, 0.3) is 11.1 Å². The first-order valence-electron chi connectivity index (χ1n) is 8.74. The highest BCUT2D eigenvalue weighted by molar-refractivity contribution is 5.80. The Morgan fingerprint density at radius 2 is 1.77 bits per heavy atom. The molecule has 3 heteroatoms. The second-order valence-electron chi connectivity index (χ2n) is 6.25. The van der Waals surface area contributed by atoms with Crippen molar-refractivity contribution in [1.82, 2.24) is 0 Å². The first kappa shape index (κ1) is 17.9. The van der Waals surface area contributed by atoms with Crippen LogP contribution in [0.2, 0.25) is 0 Å². The zero-order valence-electron chi connectivity index (χ0n) is 14.9. The summed E-state index contributed by atoms with van der Waals surface area (Å²) in [7, 11) is 0. The van der Waals surface area contributed by atoms with Crippen LogP contribution in [-0.4, -0.2) is 5.97 Å². The quantitative estimate of drug-likeness (QED) is 0.432. The Kier molecular flexibility index (Phi) is 5.47. The lowest BCUT2D eigenvalue weighted by atomic mass is 9.97. The van der Waals surface area contributed by atoms with Gasteiger partial charge in [-0.2, -0.15) is 0 Å². The highest BCUT2D eigenvalue weighted by Crippen LogP contribution is 2.27. The second-order valence-corrected chi connectivity index (χ2v) is 6.25. The van der Waals surface area contributed by atoms with Crippen molar-refractivity contribution in [3.63, 3.8) is 0 Å². The van der Waals surface area contributed by atoms with E-state index in [1.165, 1.54) is 6.07 Å². The van der Waals surface area contributed by atoms with Gasteiger partial charge in [0.25, 0.3) is 0 Å². The third-order valence-corrected chi connectivity index (χ3v) is 4.46. The summed E-state index contributed by atoms with van der Waals surface area (Å²) in [6.07, 6.45) is 0.868. The molecule has 0 bridgehead atoms. The summed E-state index contributed by atoms with van der Waals surface area (Å²) in [5, 5.41) is 0. The van der Waals surface area contributed by atoms with Crippen molar-refractivity contribution >= 4 is 5.97 Å². The molecule has 2 nitrogen and oxygen atoms in total. The molecule has 26 heavy (non-hydrogen) atoms. The van der Waals surface area contributed by atoms with Gasteiger partial charge in [0.2, 0.25) is 0 Å². The molecular weight excluding hydrogens is 327 g/mol. The molecule has 3 aromatic rings. The van der Waals surface area contributed by atoms with Crippen molar-refractivity contribution in [2.75, 3.05) is 0 Å². The van der Waals surface area contributed by atoms with Crippen LogP contribution in [0.5, 0.6) is 5.75 Å². The van der Waals surface area contributed by atoms with E-state index in [1.54, 1.807) is 25.1 Å². The van der Waals surface area contributed by atoms with Gasteiger partial charge in [-0.15, -0.1) is 0 Å². The maximum Gasteiger partial charge on any atom is 0.318 e. The Balaban J connectivity index is 1.77. The number of hydrogen-bond donors (Lipinski definition) is 0. The van der Waals surface area contributed by atoms with Gasteiger partial charge in [0.05, 0.1) is 5.92 Å². The smallest absolute Gasteiger partial charge is 0.318 e. The number of rotatable bonds is 5. The first-order chi connectivity index (χ1) is 12.6. The third-order valence-electron chi connectivity index (χ3n) is 4.46. The van der Waals surface area contributed by atoms with Gasteiger partial charge in [0.15, 0.2) is 0 Å². The Morgan fingerprint density at radius 1 is 1.00 bits per heavy atom. The number of ether oxygens (including phenoxy) is 1. The van der Waals surface area contributed by atoms with E-state index in [0.717, 1.165) is 17.5 Å². The molecule has 1 unspecified atom stereocenters. The number of esters is 1. The molecule has 0 aliphatic carbocycles. The molecule has 0 aliphatic rings. The molecular formula is C23H21FO2. The molecule has 1 atom stereocenters. The van der Waals surface area contributed by atoms with Crippen molar-refractivity contribution in [2.24, 2.45) is 0 Å². The summed E-state index contributed by atoms with van der Waals surface area (Å²) < 4.78 is 20.0. The van der Waals surface area contributed by atoms with Crippen LogP contribution in [0.15, 0.2) is 72.8 Å². The SMILES string of the molecule is CCc1cccc(OC(=O)C(C)c2ccc(-c3ccccc3)c(F)c2)c1. The zero-order valence-corrected chi connectivity index (χ0v) is 14.9. The van der Waals surface area contributed by atoms with E-state index in [9.17, 15) is 9.18 Å². The van der Waals surface area contributed by atoms with Gasteiger partial charge in [0, 0.05) is 5.56 Å². The number of carbonyl (C=O) groups excluding carboxylic acids is 1. The minimum absolute atomic E-state index is 0.346. The summed E-state index contributed by atoms with van der Waals surface area (Å²) in [5.41, 5.74) is 3.02. The standard InChI is InChI=1S/C23H21FO2/c1-3-17-8-7-11-20(14-17)26-23(25)16(2)19-12-13-21(22(24)15-19)18-9-5-4-6-10-18/h4-16H,3H2,1-2H3. The summed E-state index contributed by atoms with van der Waals surface area (Å²) in [6, 6.07) is 21.7. The summed E-state index contributed by atoms with van der Waals surface area (Å²) in [4.78, 5) is 12.4. The molecule has 0 saturated heterocycles. The van der Waals surface area contributed by atoms with Gasteiger partial charge in [-0.1, -0.05) is 61.5 Å². The van der Waals surface area contributed by atoms with E-state index in [-0.39, 0.29) is 5.82 Å². The second kappa shape index (κ2) is 7.96. The van der Waals surface area contributed by atoms with Crippen LogP contribution >= 0.6 is 0 Å². The molecule has 0 amide bonds. The van der Waals surface area contributed by atoms with Crippen LogP contribution in [-0.2, 0) is 11.2 Å². The molecule has 0 saturated carbocycles. The van der Waals surface area contributed by atoms with Crippen LogP contribution in [0.1, 0.15) is 30.9 Å². The van der Waals surface area contributed by atoms with Gasteiger partial charge in [-0.3, -0.25) is 4.79 Å². The van der Waals surface area contributed by atoms with Gasteiger partial charge < -0.3 is 4.74 Å². The molecule has 0 radical (unpaired) electrons. The van der Waals surface area contributed by atoms with E-state index >= 15 is 0 Å². The van der Waals surface area contributed by atoms with Gasteiger partial charge in [0.1, 0.15) is 11.6 Å². The molecule has 0 aliphatic heterocycles. The van der Waals surface area contributed by atoms with E-state index < -0.39 is 11.9 Å². The highest BCUT2D eigenvalue weighted by atomic mass is 19.1. The van der Waals surface area contributed by atoms with Crippen LogP contribution in [0.4, 0.5) is 4.39 Å². The summed E-state index contributed by atoms with van der Waals surface area (Å²) >= 11 is 0. The largest absolute Gasteiger partial charge is 0.426 e. The van der Waals surface area contributed by atoms with Crippen LogP contribution in [0, 0.1) is 5.82 Å². The fourth-order valence-corrected chi connectivity index (χ4v) is 2.82. The molecule has 0 N–H and O–H groups in total. The minimum atomic E-state index is -0.556. The molecule has 3 rings (SSSR count). The molecule has 0 heterocycles. The predicted molar refractivity (Wildman–Crippen MR) is 102 cm³/mol. The predicted octanol–water partition coefficient (Wildman–Crippen LogP) is 5.76. The lowest BCUT2D eigenvalue weighted by molar-refractivity contribution is -0.135. The van der Waals surface area contributed by atoms with Crippen molar-refractivity contribution < 1.29 is 13.9 Å². The maximum atomic E-state index is 14.5. The minimum Gasteiger partial charge on any atom is -0.426 e. The Morgan fingerprint density at radius 3 is 2.46 bits per heavy atom. The van der Waals surface area contributed by atoms with Gasteiger partial charge in [-0.25, -0.2) is 4.39 Å². The number of halogens is 1. The molecule has 0 fully saturated rings. The van der Waals surface area contributed by atoms with E-state index in [4.69, 9.17) is 4.74 Å². The fourth-order valence-electron chi connectivity index (χ4n) is 2.82. The highest BCUT2D eigenvalue weighted by Gasteiger charge is 2.19. The van der Waals surface area contributed by atoms with Crippen molar-refractivity contribution in [2.45, 2.75) is 26.2 Å².